The average molecular weight is 860 g/mol. The van der Waals surface area contributed by atoms with Gasteiger partial charge in [-0.15, -0.1) is 11.3 Å². The third-order valence-corrected chi connectivity index (χ3v) is 14.0. The Bertz CT molecular complexity index is 3270. The molecule has 3 aromatic heterocycles. The van der Waals surface area contributed by atoms with Crippen LogP contribution in [0.5, 0.6) is 5.75 Å². The molecular weight excluding hydrogens is 799 g/mol. The smallest absolute Gasteiger partial charge is 0.149 e. The van der Waals surface area contributed by atoms with E-state index in [1.807, 2.05) is 17.4 Å². The van der Waals surface area contributed by atoms with Crippen LogP contribution in [0.1, 0.15) is 111 Å². The number of nitrogens with zero attached hydrogens (tertiary/aromatic N) is 3. The SMILES string of the molecule is Cc1cc(C(C)(C)C)ccc1-c1cc2cc(-c3cccc4c3nc(-c3cc(C(C)(C)C)cc(C(C)(C)C)c3O)n4-c3ccccc3)nc(-c3cc(C(C)(C)C)c4ccccc4c3)c2s1. The number of hydrogen-bond acceptors (Lipinski definition) is 4. The van der Waals surface area contributed by atoms with E-state index in [4.69, 9.17) is 9.97 Å². The van der Waals surface area contributed by atoms with Gasteiger partial charge in [0.2, 0.25) is 0 Å². The summed E-state index contributed by atoms with van der Waals surface area (Å²) in [6.07, 6.45) is 0. The van der Waals surface area contributed by atoms with Gasteiger partial charge < -0.3 is 5.11 Å². The van der Waals surface area contributed by atoms with Gasteiger partial charge in [-0.2, -0.15) is 0 Å². The Kier molecular flexibility index (Phi) is 10.3. The molecule has 324 valence electrons. The highest BCUT2D eigenvalue weighted by Crippen LogP contribution is 2.47. The molecule has 0 amide bonds. The maximum absolute atomic E-state index is 12.3. The van der Waals surface area contributed by atoms with Crippen LogP contribution in [-0.2, 0) is 21.7 Å². The predicted octanol–water partition coefficient (Wildman–Crippen LogP) is 16.7. The molecule has 9 aromatic rings. The minimum atomic E-state index is -0.299. The molecule has 9 rings (SSSR count). The van der Waals surface area contributed by atoms with Gasteiger partial charge in [0.25, 0.3) is 0 Å². The van der Waals surface area contributed by atoms with Crippen molar-refractivity contribution in [1.82, 2.24) is 14.5 Å². The minimum Gasteiger partial charge on any atom is -0.507 e. The lowest BCUT2D eigenvalue weighted by atomic mass is 9.79. The molecule has 1 N–H and O–H groups in total. The predicted molar refractivity (Wildman–Crippen MR) is 275 cm³/mol. The van der Waals surface area contributed by atoms with Crippen molar-refractivity contribution in [3.63, 3.8) is 0 Å². The van der Waals surface area contributed by atoms with Crippen LogP contribution in [0.25, 0.3) is 81.9 Å². The second-order valence-corrected chi connectivity index (χ2v) is 22.9. The van der Waals surface area contributed by atoms with Crippen LogP contribution in [0.2, 0.25) is 0 Å². The van der Waals surface area contributed by atoms with Gasteiger partial charge in [-0.25, -0.2) is 9.97 Å². The number of aryl methyl sites for hydroxylation is 1. The number of imidazole rings is 1. The normalized spacial score (nSPS) is 12.8. The summed E-state index contributed by atoms with van der Waals surface area (Å²) in [6, 6.07) is 46.1. The first kappa shape index (κ1) is 43.2. The van der Waals surface area contributed by atoms with Gasteiger partial charge in [-0.05, 0) is 121 Å². The Morgan fingerprint density at radius 2 is 1.22 bits per heavy atom. The molecule has 0 aliphatic heterocycles. The molecule has 3 heterocycles. The molecule has 0 bridgehead atoms. The number of hydrogen-bond donors (Lipinski definition) is 1. The van der Waals surface area contributed by atoms with Crippen molar-refractivity contribution in [1.29, 1.82) is 0 Å². The molecule has 0 unspecified atom stereocenters. The second-order valence-electron chi connectivity index (χ2n) is 21.9. The van der Waals surface area contributed by atoms with Crippen LogP contribution < -0.4 is 0 Å². The number of aromatic hydroxyl groups is 1. The lowest BCUT2D eigenvalue weighted by Crippen LogP contribution is -2.17. The first-order valence-corrected chi connectivity index (χ1v) is 23.4. The summed E-state index contributed by atoms with van der Waals surface area (Å²) >= 11 is 1.82. The average Bonchev–Trinajstić information content (AvgIpc) is 3.84. The van der Waals surface area contributed by atoms with Crippen molar-refractivity contribution < 1.29 is 5.11 Å². The lowest BCUT2D eigenvalue weighted by Gasteiger charge is -2.27. The molecular formula is C59H61N3OS. The standard InChI is InChI=1S/C59H61N3OS/c1-35-28-39(56(2,3)4)26-27-42(35)50-32-38-31-48(60-51(54(38)64-50)37-29-36-20-17-18-23-43(36)46(30-37)58(8,9)10)44-24-19-25-49-52(44)61-55(62(49)41-21-15-14-16-22-41)45-33-40(57(5,6)7)34-47(53(45)63)59(11,12)13/h14-34,63H,1-13H3. The van der Waals surface area contributed by atoms with Crippen LogP contribution >= 0.6 is 11.3 Å². The van der Waals surface area contributed by atoms with Crippen molar-refractivity contribution in [2.45, 2.75) is 112 Å². The van der Waals surface area contributed by atoms with E-state index in [0.717, 1.165) is 60.4 Å². The Morgan fingerprint density at radius 3 is 1.89 bits per heavy atom. The van der Waals surface area contributed by atoms with Crippen LogP contribution in [0.4, 0.5) is 0 Å². The van der Waals surface area contributed by atoms with Gasteiger partial charge in [0.05, 0.1) is 32.7 Å². The zero-order valence-corrected chi connectivity index (χ0v) is 40.6. The number of fused-ring (bicyclic) bond motifs is 3. The molecule has 0 spiro atoms. The van der Waals surface area contributed by atoms with Gasteiger partial charge >= 0.3 is 0 Å². The summed E-state index contributed by atoms with van der Waals surface area (Å²) < 4.78 is 3.37. The molecule has 0 aliphatic carbocycles. The number of benzene rings is 6. The molecule has 0 atom stereocenters. The minimum absolute atomic E-state index is 0.0632. The first-order chi connectivity index (χ1) is 30.1. The number of thiophene rings is 1. The highest BCUT2D eigenvalue weighted by Gasteiger charge is 2.29. The Balaban J connectivity index is 1.35. The monoisotopic (exact) mass is 859 g/mol. The zero-order valence-electron chi connectivity index (χ0n) is 39.8. The lowest BCUT2D eigenvalue weighted by molar-refractivity contribution is 0.446. The van der Waals surface area contributed by atoms with Gasteiger partial charge in [0, 0.05) is 27.3 Å². The highest BCUT2D eigenvalue weighted by atomic mass is 32.1. The van der Waals surface area contributed by atoms with Crippen molar-refractivity contribution >= 4 is 43.2 Å². The van der Waals surface area contributed by atoms with Crippen molar-refractivity contribution in [2.75, 3.05) is 0 Å². The molecule has 5 heteroatoms. The molecule has 64 heavy (non-hydrogen) atoms. The van der Waals surface area contributed by atoms with E-state index < -0.39 is 0 Å². The summed E-state index contributed by atoms with van der Waals surface area (Å²) in [5, 5.41) is 15.9. The fourth-order valence-corrected chi connectivity index (χ4v) is 10.4. The van der Waals surface area contributed by atoms with Crippen molar-refractivity contribution in [3.8, 4) is 55.8 Å². The van der Waals surface area contributed by atoms with Gasteiger partial charge in [-0.1, -0.05) is 162 Å². The number of aromatic nitrogens is 3. The summed E-state index contributed by atoms with van der Waals surface area (Å²) in [6.45, 7) is 29.1. The number of phenolic OH excluding ortho intramolecular Hbond substituents is 1. The van der Waals surface area contributed by atoms with Crippen LogP contribution in [0.15, 0.2) is 127 Å². The summed E-state index contributed by atoms with van der Waals surface area (Å²) in [5.74, 6) is 0.958. The molecule has 6 aromatic carbocycles. The van der Waals surface area contributed by atoms with Crippen molar-refractivity contribution in [3.05, 3.63) is 155 Å². The van der Waals surface area contributed by atoms with Crippen LogP contribution in [0, 0.1) is 6.92 Å². The maximum Gasteiger partial charge on any atom is 0.149 e. The number of para-hydroxylation sites is 2. The highest BCUT2D eigenvalue weighted by molar-refractivity contribution is 7.22. The summed E-state index contributed by atoms with van der Waals surface area (Å²) in [5.41, 5.74) is 14.0. The molecule has 4 nitrogen and oxygen atoms in total. The van der Waals surface area contributed by atoms with Gasteiger partial charge in [0.15, 0.2) is 0 Å². The van der Waals surface area contributed by atoms with Crippen molar-refractivity contribution in [2.24, 2.45) is 0 Å². The topological polar surface area (TPSA) is 50.9 Å². The maximum atomic E-state index is 12.3. The fraction of sp³-hybridized carbons (Fsp3) is 0.288. The first-order valence-electron chi connectivity index (χ1n) is 22.6. The van der Waals surface area contributed by atoms with E-state index in [2.05, 4.69) is 216 Å². The van der Waals surface area contributed by atoms with E-state index >= 15 is 0 Å². The van der Waals surface area contributed by atoms with E-state index in [1.165, 1.54) is 37.9 Å². The molecule has 0 aliphatic rings. The van der Waals surface area contributed by atoms with Crippen LogP contribution in [-0.4, -0.2) is 19.6 Å². The summed E-state index contributed by atoms with van der Waals surface area (Å²) in [7, 11) is 0. The van der Waals surface area contributed by atoms with E-state index in [-0.39, 0.29) is 27.4 Å². The zero-order chi connectivity index (χ0) is 45.7. The molecule has 0 radical (unpaired) electrons. The van der Waals surface area contributed by atoms with Gasteiger partial charge in [-0.3, -0.25) is 4.57 Å². The second kappa shape index (κ2) is 15.3. The molecule has 0 fully saturated rings. The molecule has 0 saturated heterocycles. The Morgan fingerprint density at radius 1 is 0.531 bits per heavy atom. The largest absolute Gasteiger partial charge is 0.507 e. The molecule has 0 saturated carbocycles. The van der Waals surface area contributed by atoms with E-state index in [9.17, 15) is 5.11 Å². The van der Waals surface area contributed by atoms with Gasteiger partial charge in [0.1, 0.15) is 11.6 Å². The third kappa shape index (κ3) is 7.72. The fourth-order valence-electron chi connectivity index (χ4n) is 9.12. The van der Waals surface area contributed by atoms with Crippen LogP contribution in [0.3, 0.4) is 0 Å². The summed E-state index contributed by atoms with van der Waals surface area (Å²) in [4.78, 5) is 12.5. The van der Waals surface area contributed by atoms with E-state index in [0.29, 0.717) is 11.4 Å². The third-order valence-electron chi connectivity index (χ3n) is 12.8. The quantitative estimate of drug-likeness (QED) is 0.188. The number of pyridine rings is 1. The Hall–Kier alpha value is -6.04. The number of phenols is 1. The van der Waals surface area contributed by atoms with E-state index in [1.54, 1.807) is 0 Å². The Labute approximate surface area is 383 Å². The number of rotatable bonds is 5.